The van der Waals surface area contributed by atoms with Crippen LogP contribution in [0.2, 0.25) is 5.02 Å². The van der Waals surface area contributed by atoms with Crippen molar-refractivity contribution in [3.63, 3.8) is 0 Å². The first-order chi connectivity index (χ1) is 15.8. The number of anilines is 2. The van der Waals surface area contributed by atoms with Gasteiger partial charge < -0.3 is 20.7 Å². The van der Waals surface area contributed by atoms with E-state index < -0.39 is 17.8 Å². The number of halogens is 2. The van der Waals surface area contributed by atoms with Crippen LogP contribution in [0.25, 0.3) is 10.9 Å². The molecule has 3 N–H and O–H groups in total. The second-order valence-corrected chi connectivity index (χ2v) is 7.36. The van der Waals surface area contributed by atoms with Crippen molar-refractivity contribution >= 4 is 45.8 Å². The van der Waals surface area contributed by atoms with Gasteiger partial charge in [-0.15, -0.1) is 0 Å². The summed E-state index contributed by atoms with van der Waals surface area (Å²) in [5.74, 6) is -1.29. The molecular weight excluding hydrogens is 451 g/mol. The van der Waals surface area contributed by atoms with Crippen LogP contribution in [0, 0.1) is 5.82 Å². The van der Waals surface area contributed by atoms with Crippen molar-refractivity contribution in [2.24, 2.45) is 7.05 Å². The largest absolute Gasteiger partial charge is 0.453 e. The summed E-state index contributed by atoms with van der Waals surface area (Å²) >= 11 is 6.18. The lowest BCUT2D eigenvalue weighted by molar-refractivity contribution is 0.0958. The van der Waals surface area contributed by atoms with E-state index in [1.165, 1.54) is 31.4 Å². The number of fused-ring (bicyclic) bond motifs is 1. The number of aromatic nitrogens is 3. The molecule has 4 aromatic rings. The molecule has 33 heavy (non-hydrogen) atoms. The van der Waals surface area contributed by atoms with Crippen molar-refractivity contribution in [3.05, 3.63) is 71.4 Å². The molecule has 0 aliphatic rings. The number of aryl methyl sites for hydroxylation is 1. The first kappa shape index (κ1) is 22.0. The Kier molecular flexibility index (Phi) is 6.09. The minimum atomic E-state index is -0.798. The summed E-state index contributed by atoms with van der Waals surface area (Å²) in [6.45, 7) is 0. The summed E-state index contributed by atoms with van der Waals surface area (Å²) in [5, 5.41) is 12.6. The van der Waals surface area contributed by atoms with E-state index in [-0.39, 0.29) is 27.9 Å². The highest BCUT2D eigenvalue weighted by atomic mass is 35.5. The van der Waals surface area contributed by atoms with E-state index in [0.717, 1.165) is 17.0 Å². The molecule has 9 nitrogen and oxygen atoms in total. The molecule has 11 heteroatoms. The molecule has 0 aliphatic carbocycles. The fourth-order valence-corrected chi connectivity index (χ4v) is 3.36. The zero-order valence-corrected chi connectivity index (χ0v) is 18.3. The van der Waals surface area contributed by atoms with Gasteiger partial charge in [0.1, 0.15) is 11.4 Å². The highest BCUT2D eigenvalue weighted by Gasteiger charge is 2.15. The third kappa shape index (κ3) is 4.85. The van der Waals surface area contributed by atoms with Crippen LogP contribution in [0.1, 0.15) is 10.5 Å². The predicted octanol–water partition coefficient (Wildman–Crippen LogP) is 4.56. The Morgan fingerprint density at radius 1 is 1.09 bits per heavy atom. The first-order valence-corrected chi connectivity index (χ1v) is 10.1. The SMILES string of the molecule is CNC(=O)c1cc(Oc2c(F)cc(NC(=O)Nc3ccc4c(cnn4C)c3)cc2Cl)ccn1. The van der Waals surface area contributed by atoms with E-state index in [0.29, 0.717) is 5.69 Å². The third-order valence-electron chi connectivity index (χ3n) is 4.67. The molecule has 0 atom stereocenters. The number of benzene rings is 2. The maximum atomic E-state index is 14.7. The van der Waals surface area contributed by atoms with Gasteiger partial charge in [-0.05, 0) is 30.3 Å². The molecule has 0 unspecified atom stereocenters. The van der Waals surface area contributed by atoms with Crippen LogP contribution in [0.4, 0.5) is 20.6 Å². The topological polar surface area (TPSA) is 110 Å². The molecule has 168 valence electrons. The molecule has 0 aliphatic heterocycles. The minimum absolute atomic E-state index is 0.0691. The van der Waals surface area contributed by atoms with E-state index >= 15 is 0 Å². The van der Waals surface area contributed by atoms with Crippen molar-refractivity contribution in [1.29, 1.82) is 0 Å². The van der Waals surface area contributed by atoms with Gasteiger partial charge in [0, 0.05) is 49.2 Å². The smallest absolute Gasteiger partial charge is 0.323 e. The highest BCUT2D eigenvalue weighted by molar-refractivity contribution is 6.32. The van der Waals surface area contributed by atoms with Crippen LogP contribution in [-0.2, 0) is 7.05 Å². The standard InChI is InChI=1S/C22H18ClFN6O3/c1-25-21(31)18-10-15(5-6-26-18)33-20-16(23)8-14(9-17(20)24)29-22(32)28-13-3-4-19-12(7-13)11-27-30(19)2/h3-11H,1-2H3,(H,25,31)(H2,28,29,32). The number of hydrogen-bond acceptors (Lipinski definition) is 5. The van der Waals surface area contributed by atoms with Crippen LogP contribution < -0.4 is 20.7 Å². The Morgan fingerprint density at radius 2 is 1.88 bits per heavy atom. The van der Waals surface area contributed by atoms with Crippen LogP contribution in [0.15, 0.2) is 54.9 Å². The fourth-order valence-electron chi connectivity index (χ4n) is 3.11. The number of nitrogens with zero attached hydrogens (tertiary/aromatic N) is 3. The summed E-state index contributed by atoms with van der Waals surface area (Å²) in [7, 11) is 3.29. The molecule has 2 aromatic carbocycles. The van der Waals surface area contributed by atoms with Gasteiger partial charge in [0.05, 0.1) is 16.7 Å². The van der Waals surface area contributed by atoms with E-state index in [9.17, 15) is 14.0 Å². The molecule has 0 bridgehead atoms. The molecular formula is C22H18ClFN6O3. The number of urea groups is 1. The Labute approximate surface area is 192 Å². The van der Waals surface area contributed by atoms with Gasteiger partial charge >= 0.3 is 6.03 Å². The lowest BCUT2D eigenvalue weighted by Crippen LogP contribution is -2.19. The fraction of sp³-hybridized carbons (Fsp3) is 0.0909. The van der Waals surface area contributed by atoms with Crippen LogP contribution in [0.3, 0.4) is 0 Å². The number of pyridine rings is 1. The van der Waals surface area contributed by atoms with Crippen LogP contribution in [-0.4, -0.2) is 33.8 Å². The predicted molar refractivity (Wildman–Crippen MR) is 122 cm³/mol. The van der Waals surface area contributed by atoms with Gasteiger partial charge in [0.25, 0.3) is 5.91 Å². The lowest BCUT2D eigenvalue weighted by Gasteiger charge is -2.12. The van der Waals surface area contributed by atoms with Crippen LogP contribution in [0.5, 0.6) is 11.5 Å². The zero-order chi connectivity index (χ0) is 23.5. The minimum Gasteiger partial charge on any atom is -0.453 e. The van der Waals surface area contributed by atoms with Crippen molar-refractivity contribution in [2.45, 2.75) is 0 Å². The highest BCUT2D eigenvalue weighted by Crippen LogP contribution is 2.35. The van der Waals surface area contributed by atoms with Gasteiger partial charge in [-0.25, -0.2) is 9.18 Å². The molecule has 0 spiro atoms. The van der Waals surface area contributed by atoms with E-state index in [1.54, 1.807) is 23.0 Å². The molecule has 3 amide bonds. The number of rotatable bonds is 5. The number of carbonyl (C=O) groups excluding carboxylic acids is 2. The maximum absolute atomic E-state index is 14.7. The summed E-state index contributed by atoms with van der Waals surface area (Å²) in [5.41, 5.74) is 1.70. The Bertz CT molecular complexity index is 1350. The monoisotopic (exact) mass is 468 g/mol. The van der Waals surface area contributed by atoms with E-state index in [1.807, 2.05) is 13.1 Å². The van der Waals surface area contributed by atoms with Crippen molar-refractivity contribution in [3.8, 4) is 11.5 Å². The van der Waals surface area contributed by atoms with E-state index in [4.69, 9.17) is 16.3 Å². The number of ether oxygens (including phenoxy) is 1. The third-order valence-corrected chi connectivity index (χ3v) is 4.95. The summed E-state index contributed by atoms with van der Waals surface area (Å²) in [4.78, 5) is 28.0. The normalized spacial score (nSPS) is 10.7. The van der Waals surface area contributed by atoms with Crippen molar-refractivity contribution in [2.75, 3.05) is 17.7 Å². The van der Waals surface area contributed by atoms with Gasteiger partial charge in [0.2, 0.25) is 0 Å². The number of carbonyl (C=O) groups is 2. The maximum Gasteiger partial charge on any atom is 0.323 e. The molecule has 0 fully saturated rings. The zero-order valence-electron chi connectivity index (χ0n) is 17.5. The second kappa shape index (κ2) is 9.13. The molecule has 4 rings (SSSR count). The molecule has 2 aromatic heterocycles. The van der Waals surface area contributed by atoms with Crippen molar-refractivity contribution in [1.82, 2.24) is 20.1 Å². The number of nitrogens with one attached hydrogen (secondary N) is 3. The summed E-state index contributed by atoms with van der Waals surface area (Å²) in [6, 6.07) is 10.00. The van der Waals surface area contributed by atoms with Crippen molar-refractivity contribution < 1.29 is 18.7 Å². The first-order valence-electron chi connectivity index (χ1n) is 9.69. The molecule has 0 saturated heterocycles. The lowest BCUT2D eigenvalue weighted by atomic mass is 10.2. The van der Waals surface area contributed by atoms with Gasteiger partial charge in [-0.3, -0.25) is 14.5 Å². The molecule has 0 radical (unpaired) electrons. The Morgan fingerprint density at radius 3 is 2.64 bits per heavy atom. The summed E-state index contributed by atoms with van der Waals surface area (Å²) in [6.07, 6.45) is 3.04. The Hall–Kier alpha value is -4.18. The molecule has 2 heterocycles. The summed E-state index contributed by atoms with van der Waals surface area (Å²) < 4.78 is 21.9. The van der Waals surface area contributed by atoms with Gasteiger partial charge in [0.15, 0.2) is 11.6 Å². The van der Waals surface area contributed by atoms with Gasteiger partial charge in [-0.1, -0.05) is 11.6 Å². The quantitative estimate of drug-likeness (QED) is 0.398. The van der Waals surface area contributed by atoms with Gasteiger partial charge in [-0.2, -0.15) is 5.10 Å². The Balaban J connectivity index is 1.47. The average Bonchev–Trinajstić information content (AvgIpc) is 3.16. The molecule has 0 saturated carbocycles. The number of hydrogen-bond donors (Lipinski definition) is 3. The average molecular weight is 469 g/mol. The number of amides is 3. The van der Waals surface area contributed by atoms with Crippen LogP contribution >= 0.6 is 11.6 Å². The second-order valence-electron chi connectivity index (χ2n) is 6.95. The van der Waals surface area contributed by atoms with E-state index in [2.05, 4.69) is 26.0 Å².